The number of hydrogen-bond donors (Lipinski definition) is 2. The highest BCUT2D eigenvalue weighted by molar-refractivity contribution is 7.16. The molecule has 1 aromatic carbocycles. The summed E-state index contributed by atoms with van der Waals surface area (Å²) in [7, 11) is 0. The van der Waals surface area contributed by atoms with Gasteiger partial charge in [0.25, 0.3) is 5.82 Å². The number of nitrogens with zero attached hydrogens (tertiary/aromatic N) is 4. The number of urea groups is 1. The van der Waals surface area contributed by atoms with Crippen molar-refractivity contribution in [1.29, 1.82) is 0 Å². The number of carbonyl (C=O) groups excluding carboxylic acids is 1. The van der Waals surface area contributed by atoms with Gasteiger partial charge in [-0.25, -0.2) is 4.79 Å². The number of anilines is 1. The van der Waals surface area contributed by atoms with Crippen LogP contribution in [0.4, 0.5) is 23.7 Å². The lowest BCUT2D eigenvalue weighted by molar-refractivity contribution is -0.146. The van der Waals surface area contributed by atoms with E-state index in [-0.39, 0.29) is 16.5 Å². The maximum Gasteiger partial charge on any atom is 0.453 e. The Morgan fingerprint density at radius 1 is 1.25 bits per heavy atom. The Labute approximate surface area is 141 Å². The first-order chi connectivity index (χ1) is 11.3. The van der Waals surface area contributed by atoms with Crippen LogP contribution in [0.5, 0.6) is 0 Å². The number of nitrogens with one attached hydrogen (secondary N) is 2. The summed E-state index contributed by atoms with van der Waals surface area (Å²) in [4.78, 5) is 11.8. The molecule has 24 heavy (non-hydrogen) atoms. The van der Waals surface area contributed by atoms with Gasteiger partial charge in [0, 0.05) is 10.7 Å². The van der Waals surface area contributed by atoms with Gasteiger partial charge in [-0.05, 0) is 24.3 Å². The van der Waals surface area contributed by atoms with Crippen molar-refractivity contribution in [2.24, 2.45) is 0 Å². The summed E-state index contributed by atoms with van der Waals surface area (Å²) in [5.41, 5.74) is 0.523. The summed E-state index contributed by atoms with van der Waals surface area (Å²) in [6.07, 6.45) is -4.65. The molecule has 3 aromatic rings. The lowest BCUT2D eigenvalue weighted by Crippen LogP contribution is -2.28. The molecule has 7 nitrogen and oxygen atoms in total. The van der Waals surface area contributed by atoms with E-state index in [0.29, 0.717) is 15.2 Å². The van der Waals surface area contributed by atoms with Crippen molar-refractivity contribution in [3.05, 3.63) is 40.1 Å². The molecule has 0 bridgehead atoms. The molecule has 2 aromatic heterocycles. The van der Waals surface area contributed by atoms with Crippen LogP contribution in [0, 0.1) is 0 Å². The van der Waals surface area contributed by atoms with Crippen LogP contribution in [-0.4, -0.2) is 25.8 Å². The Hall–Kier alpha value is -2.40. The number of amides is 2. The Morgan fingerprint density at radius 3 is 2.62 bits per heavy atom. The van der Waals surface area contributed by atoms with Crippen LogP contribution < -0.4 is 10.6 Å². The summed E-state index contributed by atoms with van der Waals surface area (Å²) in [5.74, 6) is -1.20. The third kappa shape index (κ3) is 3.57. The van der Waals surface area contributed by atoms with Gasteiger partial charge >= 0.3 is 12.2 Å². The number of fused-ring (bicyclic) bond motifs is 1. The number of benzene rings is 1. The lowest BCUT2D eigenvalue weighted by Gasteiger charge is -2.06. The van der Waals surface area contributed by atoms with Crippen molar-refractivity contribution in [2.45, 2.75) is 12.7 Å². The fourth-order valence-corrected chi connectivity index (χ4v) is 2.67. The molecule has 3 rings (SSSR count). The Morgan fingerprint density at radius 2 is 1.96 bits per heavy atom. The molecule has 0 unspecified atom stereocenters. The second kappa shape index (κ2) is 6.24. The highest BCUT2D eigenvalue weighted by Crippen LogP contribution is 2.28. The summed E-state index contributed by atoms with van der Waals surface area (Å²) >= 11 is 6.64. The maximum atomic E-state index is 12.7. The molecule has 0 saturated carbocycles. The van der Waals surface area contributed by atoms with Crippen molar-refractivity contribution < 1.29 is 18.0 Å². The van der Waals surface area contributed by atoms with Gasteiger partial charge in [0.1, 0.15) is 5.01 Å². The van der Waals surface area contributed by atoms with E-state index < -0.39 is 18.0 Å². The lowest BCUT2D eigenvalue weighted by atomic mass is 10.3. The zero-order valence-corrected chi connectivity index (χ0v) is 13.2. The first kappa shape index (κ1) is 16.5. The molecule has 0 atom stereocenters. The van der Waals surface area contributed by atoms with Crippen LogP contribution in [0.2, 0.25) is 5.02 Å². The van der Waals surface area contributed by atoms with Gasteiger partial charge in [0.2, 0.25) is 4.96 Å². The molecule has 12 heteroatoms. The zero-order valence-electron chi connectivity index (χ0n) is 11.6. The second-order valence-corrected chi connectivity index (χ2v) is 6.00. The molecular weight excluding hydrogens is 369 g/mol. The average molecular weight is 377 g/mol. The third-order valence-electron chi connectivity index (χ3n) is 2.79. The maximum absolute atomic E-state index is 12.7. The predicted octanol–water partition coefficient (Wildman–Crippen LogP) is 3.18. The van der Waals surface area contributed by atoms with E-state index in [1.807, 2.05) is 0 Å². The number of hydrogen-bond acceptors (Lipinski definition) is 5. The Balaban J connectivity index is 1.64. The minimum atomic E-state index is -4.65. The summed E-state index contributed by atoms with van der Waals surface area (Å²) in [6.45, 7) is -0.0508. The monoisotopic (exact) mass is 376 g/mol. The standard InChI is InChI=1S/C12H8ClF3N6OS/c13-6-1-3-7(4-2-6)18-10(23)17-5-8-21-22-9(12(14,15)16)19-20-11(22)24-8/h1-4H,5H2,(H2,17,18,23). The van der Waals surface area contributed by atoms with Crippen LogP contribution in [0.3, 0.4) is 0 Å². The molecular formula is C12H8ClF3N6OS. The van der Waals surface area contributed by atoms with E-state index in [0.717, 1.165) is 11.3 Å². The molecule has 0 radical (unpaired) electrons. The molecule has 2 N–H and O–H groups in total. The molecule has 2 heterocycles. The van der Waals surface area contributed by atoms with Gasteiger partial charge in [0.15, 0.2) is 0 Å². The summed E-state index contributed by atoms with van der Waals surface area (Å²) in [6, 6.07) is 5.91. The van der Waals surface area contributed by atoms with Gasteiger partial charge in [0.05, 0.1) is 6.54 Å². The van der Waals surface area contributed by atoms with Gasteiger partial charge in [-0.3, -0.25) is 0 Å². The predicted molar refractivity (Wildman–Crippen MR) is 81.0 cm³/mol. The first-order valence-electron chi connectivity index (χ1n) is 6.41. The summed E-state index contributed by atoms with van der Waals surface area (Å²) in [5, 5.41) is 16.1. The highest BCUT2D eigenvalue weighted by atomic mass is 35.5. The van der Waals surface area contributed by atoms with E-state index in [9.17, 15) is 18.0 Å². The van der Waals surface area contributed by atoms with Crippen LogP contribution in [0.25, 0.3) is 4.96 Å². The molecule has 2 amide bonds. The number of halogens is 4. The molecule has 126 valence electrons. The van der Waals surface area contributed by atoms with Crippen molar-refractivity contribution >= 4 is 39.6 Å². The fraction of sp³-hybridized carbons (Fsp3) is 0.167. The fourth-order valence-electron chi connectivity index (χ4n) is 1.77. The number of rotatable bonds is 3. The van der Waals surface area contributed by atoms with Crippen LogP contribution in [0.1, 0.15) is 10.8 Å². The molecule has 0 saturated heterocycles. The quantitative estimate of drug-likeness (QED) is 0.735. The molecule has 0 spiro atoms. The first-order valence-corrected chi connectivity index (χ1v) is 7.61. The Kier molecular flexibility index (Phi) is 4.28. The molecule has 0 aliphatic carbocycles. The minimum Gasteiger partial charge on any atom is -0.331 e. The number of alkyl halides is 3. The van der Waals surface area contributed by atoms with Crippen molar-refractivity contribution in [3.8, 4) is 0 Å². The minimum absolute atomic E-state index is 0.00256. The molecule has 0 aliphatic heterocycles. The van der Waals surface area contributed by atoms with Crippen LogP contribution in [-0.2, 0) is 12.7 Å². The SMILES string of the molecule is O=C(NCc1nn2c(C(F)(F)F)nnc2s1)Nc1ccc(Cl)cc1. The molecule has 0 fully saturated rings. The third-order valence-corrected chi connectivity index (χ3v) is 3.94. The van der Waals surface area contributed by atoms with Gasteiger partial charge in [-0.2, -0.15) is 22.8 Å². The zero-order chi connectivity index (χ0) is 17.3. The summed E-state index contributed by atoms with van der Waals surface area (Å²) < 4.78 is 38.7. The van der Waals surface area contributed by atoms with Gasteiger partial charge < -0.3 is 10.6 Å². The largest absolute Gasteiger partial charge is 0.453 e. The van der Waals surface area contributed by atoms with Gasteiger partial charge in [-0.1, -0.05) is 22.9 Å². The van der Waals surface area contributed by atoms with E-state index in [1.165, 1.54) is 0 Å². The topological polar surface area (TPSA) is 84.2 Å². The normalized spacial score (nSPS) is 11.7. The van der Waals surface area contributed by atoms with Crippen molar-refractivity contribution in [1.82, 2.24) is 25.1 Å². The van der Waals surface area contributed by atoms with Crippen LogP contribution >= 0.6 is 22.9 Å². The van der Waals surface area contributed by atoms with Gasteiger partial charge in [-0.15, -0.1) is 10.2 Å². The Bertz CT molecular complexity index is 875. The molecule has 0 aliphatic rings. The second-order valence-electron chi connectivity index (χ2n) is 4.53. The number of aromatic nitrogens is 4. The average Bonchev–Trinajstić information content (AvgIpc) is 3.06. The number of carbonyl (C=O) groups is 1. The van der Waals surface area contributed by atoms with E-state index in [2.05, 4.69) is 25.9 Å². The van der Waals surface area contributed by atoms with Crippen molar-refractivity contribution in [3.63, 3.8) is 0 Å². The van der Waals surface area contributed by atoms with E-state index in [4.69, 9.17) is 11.6 Å². The van der Waals surface area contributed by atoms with Crippen molar-refractivity contribution in [2.75, 3.05) is 5.32 Å². The van der Waals surface area contributed by atoms with E-state index >= 15 is 0 Å². The smallest absolute Gasteiger partial charge is 0.331 e. The van der Waals surface area contributed by atoms with Crippen LogP contribution in [0.15, 0.2) is 24.3 Å². The highest BCUT2D eigenvalue weighted by Gasteiger charge is 2.38. The van der Waals surface area contributed by atoms with E-state index in [1.54, 1.807) is 24.3 Å².